The maximum absolute atomic E-state index is 12.5. The van der Waals surface area contributed by atoms with Crippen LogP contribution in [0.2, 0.25) is 0 Å². The largest absolute Gasteiger partial charge is 0.494 e. The van der Waals surface area contributed by atoms with Gasteiger partial charge < -0.3 is 14.8 Å². The Balaban J connectivity index is 1.90. The number of H-pyrrole nitrogens is 1. The Kier molecular flexibility index (Phi) is 3.94. The van der Waals surface area contributed by atoms with Gasteiger partial charge in [0.2, 0.25) is 0 Å². The van der Waals surface area contributed by atoms with Gasteiger partial charge in [0.1, 0.15) is 11.4 Å². The minimum absolute atomic E-state index is 0.00591. The maximum atomic E-state index is 12.5. The van der Waals surface area contributed by atoms with Gasteiger partial charge in [-0.15, -0.1) is 0 Å². The number of aromatic carboxylic acids is 1. The molecule has 120 valence electrons. The summed E-state index contributed by atoms with van der Waals surface area (Å²) in [5.41, 5.74) is 3.02. The lowest BCUT2D eigenvalue weighted by molar-refractivity contribution is 0.0690. The van der Waals surface area contributed by atoms with Gasteiger partial charge in [0.05, 0.1) is 6.61 Å². The molecule has 0 unspecified atom stereocenters. The number of rotatable bonds is 4. The Labute approximate surface area is 134 Å². The summed E-state index contributed by atoms with van der Waals surface area (Å²) in [7, 11) is 0. The molecule has 2 aromatic rings. The second-order valence-corrected chi connectivity index (χ2v) is 5.81. The van der Waals surface area contributed by atoms with Crippen molar-refractivity contribution in [3.63, 3.8) is 0 Å². The number of carboxylic acid groups (broad SMARTS) is 1. The number of carboxylic acids is 1. The van der Waals surface area contributed by atoms with Crippen molar-refractivity contribution < 1.29 is 19.4 Å². The number of Topliss-reactive ketones (excluding diaryl/α,β-unsaturated/α-hetero) is 1. The van der Waals surface area contributed by atoms with E-state index in [2.05, 4.69) is 4.98 Å². The molecule has 5 nitrogen and oxygen atoms in total. The highest BCUT2D eigenvalue weighted by molar-refractivity contribution is 6.03. The average molecular weight is 313 g/mol. The summed E-state index contributed by atoms with van der Waals surface area (Å²) in [4.78, 5) is 26.6. The van der Waals surface area contributed by atoms with Gasteiger partial charge in [0.25, 0.3) is 0 Å². The van der Waals surface area contributed by atoms with E-state index in [4.69, 9.17) is 4.74 Å². The summed E-state index contributed by atoms with van der Waals surface area (Å²) in [6, 6.07) is 7.76. The van der Waals surface area contributed by atoms with Crippen LogP contribution in [0.5, 0.6) is 5.75 Å². The van der Waals surface area contributed by atoms with Crippen molar-refractivity contribution in [3.8, 4) is 5.75 Å². The molecule has 3 rings (SSSR count). The lowest BCUT2D eigenvalue weighted by Gasteiger charge is -2.22. The Morgan fingerprint density at radius 3 is 2.61 bits per heavy atom. The molecule has 0 aliphatic heterocycles. The first kappa shape index (κ1) is 15.3. The molecule has 1 atom stereocenters. The smallest absolute Gasteiger partial charge is 0.352 e. The van der Waals surface area contributed by atoms with E-state index in [1.165, 1.54) is 0 Å². The van der Waals surface area contributed by atoms with Gasteiger partial charge >= 0.3 is 5.97 Å². The lowest BCUT2D eigenvalue weighted by Crippen LogP contribution is -2.18. The monoisotopic (exact) mass is 313 g/mol. The van der Waals surface area contributed by atoms with Gasteiger partial charge in [-0.3, -0.25) is 4.79 Å². The van der Waals surface area contributed by atoms with Crippen LogP contribution in [0.15, 0.2) is 24.3 Å². The van der Waals surface area contributed by atoms with Gasteiger partial charge in [-0.25, -0.2) is 4.79 Å². The van der Waals surface area contributed by atoms with E-state index in [0.29, 0.717) is 30.6 Å². The van der Waals surface area contributed by atoms with E-state index in [-0.39, 0.29) is 17.4 Å². The number of aromatic amines is 1. The quantitative estimate of drug-likeness (QED) is 0.907. The number of carbonyl (C=O) groups excluding carboxylic acids is 1. The first-order valence-corrected chi connectivity index (χ1v) is 7.72. The highest BCUT2D eigenvalue weighted by Gasteiger charge is 2.31. The fraction of sp³-hybridized carbons (Fsp3) is 0.333. The fourth-order valence-electron chi connectivity index (χ4n) is 3.29. The number of carbonyl (C=O) groups is 2. The second kappa shape index (κ2) is 5.91. The fourth-order valence-corrected chi connectivity index (χ4v) is 3.29. The maximum Gasteiger partial charge on any atom is 0.352 e. The minimum Gasteiger partial charge on any atom is -0.494 e. The molecular weight excluding hydrogens is 294 g/mol. The molecule has 0 radical (unpaired) electrons. The van der Waals surface area contributed by atoms with Crippen molar-refractivity contribution in [2.24, 2.45) is 0 Å². The van der Waals surface area contributed by atoms with E-state index >= 15 is 0 Å². The first-order chi connectivity index (χ1) is 11.0. The number of hydrogen-bond acceptors (Lipinski definition) is 3. The number of hydrogen-bond donors (Lipinski definition) is 2. The number of benzene rings is 1. The minimum atomic E-state index is -1.03. The zero-order valence-electron chi connectivity index (χ0n) is 13.2. The molecule has 1 aromatic carbocycles. The van der Waals surface area contributed by atoms with Crippen molar-refractivity contribution in [1.82, 2.24) is 4.98 Å². The Bertz CT molecular complexity index is 758. The molecular formula is C18H19NO4. The normalized spacial score (nSPS) is 17.0. The van der Waals surface area contributed by atoms with Crippen molar-refractivity contribution in [3.05, 3.63) is 52.3 Å². The van der Waals surface area contributed by atoms with Crippen LogP contribution < -0.4 is 4.74 Å². The highest BCUT2D eigenvalue weighted by atomic mass is 16.5. The van der Waals surface area contributed by atoms with Crippen molar-refractivity contribution in [1.29, 1.82) is 0 Å². The molecule has 5 heteroatoms. The molecule has 0 bridgehead atoms. The van der Waals surface area contributed by atoms with E-state index in [0.717, 1.165) is 17.0 Å². The van der Waals surface area contributed by atoms with Crippen LogP contribution in [0.1, 0.15) is 56.9 Å². The molecule has 1 aliphatic carbocycles. The van der Waals surface area contributed by atoms with Crippen LogP contribution in [0.4, 0.5) is 0 Å². The molecule has 1 heterocycles. The molecule has 0 saturated carbocycles. The van der Waals surface area contributed by atoms with Crippen molar-refractivity contribution in [2.45, 2.75) is 32.6 Å². The molecule has 2 N–H and O–H groups in total. The van der Waals surface area contributed by atoms with Crippen LogP contribution in [-0.4, -0.2) is 28.4 Å². The number of fused-ring (bicyclic) bond motifs is 1. The molecule has 0 spiro atoms. The van der Waals surface area contributed by atoms with Gasteiger partial charge in [-0.2, -0.15) is 0 Å². The predicted octanol–water partition coefficient (Wildman–Crippen LogP) is 3.33. The summed E-state index contributed by atoms with van der Waals surface area (Å²) in [6.07, 6.45) is 1.04. The summed E-state index contributed by atoms with van der Waals surface area (Å²) in [5, 5.41) is 9.21. The summed E-state index contributed by atoms with van der Waals surface area (Å²) < 4.78 is 5.43. The van der Waals surface area contributed by atoms with Crippen LogP contribution in [0, 0.1) is 6.92 Å². The third-order valence-electron chi connectivity index (χ3n) is 4.37. The molecule has 0 amide bonds. The molecule has 1 aromatic heterocycles. The zero-order valence-corrected chi connectivity index (χ0v) is 13.2. The van der Waals surface area contributed by atoms with Gasteiger partial charge in [0, 0.05) is 17.7 Å². The summed E-state index contributed by atoms with van der Waals surface area (Å²) in [5.74, 6) is -0.151. The number of ether oxygens (including phenoxy) is 1. The van der Waals surface area contributed by atoms with E-state index in [9.17, 15) is 14.7 Å². The lowest BCUT2D eigenvalue weighted by atomic mass is 9.81. The number of nitrogens with one attached hydrogen (secondary N) is 1. The predicted molar refractivity (Wildman–Crippen MR) is 85.5 cm³/mol. The SMILES string of the molecule is CCOc1ccc([C@H]2CC(=O)c3c([nH]c(C(=O)O)c3C)C2)cc1. The van der Waals surface area contributed by atoms with E-state index in [1.54, 1.807) is 6.92 Å². The van der Waals surface area contributed by atoms with Crippen LogP contribution in [0.3, 0.4) is 0 Å². The Morgan fingerprint density at radius 2 is 2.00 bits per heavy atom. The van der Waals surface area contributed by atoms with Crippen molar-refractivity contribution in [2.75, 3.05) is 6.61 Å². The van der Waals surface area contributed by atoms with Gasteiger partial charge in [0.15, 0.2) is 5.78 Å². The molecule has 23 heavy (non-hydrogen) atoms. The summed E-state index contributed by atoms with van der Waals surface area (Å²) in [6.45, 7) is 4.24. The average Bonchev–Trinajstić information content (AvgIpc) is 2.86. The van der Waals surface area contributed by atoms with E-state index < -0.39 is 5.97 Å². The van der Waals surface area contributed by atoms with E-state index in [1.807, 2.05) is 31.2 Å². The molecule has 1 aliphatic rings. The van der Waals surface area contributed by atoms with Crippen LogP contribution in [-0.2, 0) is 6.42 Å². The highest BCUT2D eigenvalue weighted by Crippen LogP contribution is 2.35. The third kappa shape index (κ3) is 2.74. The second-order valence-electron chi connectivity index (χ2n) is 5.81. The summed E-state index contributed by atoms with van der Waals surface area (Å²) >= 11 is 0. The Hall–Kier alpha value is -2.56. The standard InChI is InChI=1S/C18H19NO4/c1-3-23-13-6-4-11(5-7-13)12-8-14-16(15(20)9-12)10(2)17(19-14)18(21)22/h4-7,12,19H,3,8-9H2,1-2H3,(H,21,22)/t12-/m1/s1. The molecule has 0 fully saturated rings. The molecule has 0 saturated heterocycles. The van der Waals surface area contributed by atoms with Crippen LogP contribution >= 0.6 is 0 Å². The van der Waals surface area contributed by atoms with Gasteiger partial charge in [-0.1, -0.05) is 12.1 Å². The van der Waals surface area contributed by atoms with Crippen molar-refractivity contribution >= 4 is 11.8 Å². The third-order valence-corrected chi connectivity index (χ3v) is 4.37. The zero-order chi connectivity index (χ0) is 16.6. The Morgan fingerprint density at radius 1 is 1.30 bits per heavy atom. The topological polar surface area (TPSA) is 79.4 Å². The number of ketones is 1. The number of aromatic nitrogens is 1. The van der Waals surface area contributed by atoms with Gasteiger partial charge in [-0.05, 0) is 49.4 Å². The first-order valence-electron chi connectivity index (χ1n) is 7.72. The van der Waals surface area contributed by atoms with Crippen LogP contribution in [0.25, 0.3) is 0 Å².